The van der Waals surface area contributed by atoms with Crippen molar-refractivity contribution in [3.05, 3.63) is 59.8 Å². The lowest BCUT2D eigenvalue weighted by Crippen LogP contribution is -2.36. The van der Waals surface area contributed by atoms with Gasteiger partial charge in [0.2, 0.25) is 0 Å². The number of halogens is 3. The van der Waals surface area contributed by atoms with Crippen LogP contribution in [0.2, 0.25) is 15.2 Å². The molecule has 0 aliphatic rings. The number of aromatic amines is 1. The van der Waals surface area contributed by atoms with Crippen LogP contribution in [0.1, 0.15) is 18.9 Å². The summed E-state index contributed by atoms with van der Waals surface area (Å²) in [7, 11) is 0. The molecule has 7 heteroatoms. The van der Waals surface area contributed by atoms with Gasteiger partial charge in [-0.3, -0.25) is 9.78 Å². The van der Waals surface area contributed by atoms with Crippen LogP contribution in [-0.2, 0) is 6.42 Å². The first kappa shape index (κ1) is 15.2. The summed E-state index contributed by atoms with van der Waals surface area (Å²) in [4.78, 5) is 26.9. The number of hydrogen-bond acceptors (Lipinski definition) is 2. The molecule has 1 heterocycles. The average Bonchev–Trinajstić information content (AvgIpc) is 2.38. The molecule has 0 saturated carbocycles. The Labute approximate surface area is 129 Å². The maximum Gasteiger partial charge on any atom is 0.334 e. The first-order chi connectivity index (χ1) is 9.45. The van der Waals surface area contributed by atoms with Gasteiger partial charge in [0.05, 0.1) is 16.3 Å². The van der Waals surface area contributed by atoms with E-state index in [2.05, 4.69) is 4.98 Å². The Morgan fingerprint density at radius 3 is 2.55 bits per heavy atom. The van der Waals surface area contributed by atoms with E-state index in [0.717, 1.165) is 11.0 Å². The monoisotopic (exact) mass is 332 g/mol. The molecular formula is C13H11Cl3N2O2. The van der Waals surface area contributed by atoms with Crippen molar-refractivity contribution in [2.45, 2.75) is 19.8 Å². The molecule has 4 nitrogen and oxygen atoms in total. The summed E-state index contributed by atoms with van der Waals surface area (Å²) in [6.07, 6.45) is 1.19. The first-order valence-electron chi connectivity index (χ1n) is 5.94. The second kappa shape index (κ2) is 6.04. The Hall–Kier alpha value is -1.23. The molecule has 0 aliphatic heterocycles. The van der Waals surface area contributed by atoms with E-state index in [1.165, 1.54) is 12.1 Å². The van der Waals surface area contributed by atoms with Gasteiger partial charge in [0.15, 0.2) is 0 Å². The van der Waals surface area contributed by atoms with Gasteiger partial charge in [-0.2, -0.15) is 0 Å². The van der Waals surface area contributed by atoms with E-state index >= 15 is 0 Å². The second-order valence-corrected chi connectivity index (χ2v) is 5.43. The van der Waals surface area contributed by atoms with E-state index in [0.29, 0.717) is 17.0 Å². The fourth-order valence-electron chi connectivity index (χ4n) is 1.89. The highest BCUT2D eigenvalue weighted by Gasteiger charge is 2.15. The third-order valence-electron chi connectivity index (χ3n) is 2.80. The molecule has 1 N–H and O–H groups in total. The molecular weight excluding hydrogens is 323 g/mol. The zero-order chi connectivity index (χ0) is 14.9. The summed E-state index contributed by atoms with van der Waals surface area (Å²) in [5.74, 6) is 0. The molecule has 0 radical (unpaired) electrons. The van der Waals surface area contributed by atoms with Crippen LogP contribution in [0, 0.1) is 0 Å². The molecule has 20 heavy (non-hydrogen) atoms. The lowest BCUT2D eigenvalue weighted by atomic mass is 10.2. The summed E-state index contributed by atoms with van der Waals surface area (Å²) in [6, 6.07) is 4.57. The van der Waals surface area contributed by atoms with Gasteiger partial charge in [0.25, 0.3) is 5.56 Å². The van der Waals surface area contributed by atoms with E-state index in [-0.39, 0.29) is 15.9 Å². The predicted octanol–water partition coefficient (Wildman–Crippen LogP) is 3.44. The third-order valence-corrected chi connectivity index (χ3v) is 3.67. The van der Waals surface area contributed by atoms with Gasteiger partial charge in [-0.15, -0.1) is 0 Å². The summed E-state index contributed by atoms with van der Waals surface area (Å²) >= 11 is 17.8. The number of rotatable bonds is 3. The minimum absolute atomic E-state index is 0.0660. The van der Waals surface area contributed by atoms with Crippen LogP contribution in [0.5, 0.6) is 0 Å². The highest BCUT2D eigenvalue weighted by molar-refractivity contribution is 6.34. The maximum absolute atomic E-state index is 12.4. The van der Waals surface area contributed by atoms with Gasteiger partial charge in [-0.05, 0) is 24.6 Å². The van der Waals surface area contributed by atoms with Crippen LogP contribution in [0.15, 0.2) is 27.8 Å². The largest absolute Gasteiger partial charge is 0.334 e. The van der Waals surface area contributed by atoms with Crippen molar-refractivity contribution in [1.82, 2.24) is 9.55 Å². The summed E-state index contributed by atoms with van der Waals surface area (Å²) < 4.78 is 0.949. The summed E-state index contributed by atoms with van der Waals surface area (Å²) in [6.45, 7) is 1.91. The number of nitrogens with zero attached hydrogens (tertiary/aromatic N) is 1. The van der Waals surface area contributed by atoms with Crippen molar-refractivity contribution in [2.24, 2.45) is 0 Å². The zero-order valence-corrected chi connectivity index (χ0v) is 12.8. The van der Waals surface area contributed by atoms with Crippen LogP contribution in [0.25, 0.3) is 5.69 Å². The second-order valence-electron chi connectivity index (χ2n) is 4.21. The smallest absolute Gasteiger partial charge is 0.297 e. The number of H-pyrrole nitrogens is 1. The Kier molecular flexibility index (Phi) is 4.58. The van der Waals surface area contributed by atoms with Gasteiger partial charge >= 0.3 is 5.69 Å². The Morgan fingerprint density at radius 1 is 1.20 bits per heavy atom. The fourth-order valence-corrected chi connectivity index (χ4v) is 2.51. The van der Waals surface area contributed by atoms with E-state index < -0.39 is 11.2 Å². The molecule has 0 spiro atoms. The molecule has 0 unspecified atom stereocenters. The molecule has 0 atom stereocenters. The lowest BCUT2D eigenvalue weighted by Gasteiger charge is -2.10. The van der Waals surface area contributed by atoms with E-state index in [9.17, 15) is 9.59 Å². The molecule has 0 saturated heterocycles. The maximum atomic E-state index is 12.4. The van der Waals surface area contributed by atoms with Gasteiger partial charge < -0.3 is 0 Å². The van der Waals surface area contributed by atoms with Gasteiger partial charge in [0.1, 0.15) is 5.15 Å². The van der Waals surface area contributed by atoms with Crippen molar-refractivity contribution >= 4 is 34.8 Å². The SMILES string of the molecule is CCCc1c(Cl)[nH]c(=O)n(-c2cc(Cl)ccc2Cl)c1=O. The Bertz CT molecular complexity index is 765. The minimum atomic E-state index is -0.649. The topological polar surface area (TPSA) is 54.9 Å². The van der Waals surface area contributed by atoms with E-state index in [1.807, 2.05) is 6.92 Å². The number of aromatic nitrogens is 2. The standard InChI is InChI=1S/C13H11Cl3N2O2/c1-2-3-8-11(16)17-13(20)18(12(8)19)10-6-7(14)4-5-9(10)15/h4-6H,2-3H2,1H3,(H,17,20). The summed E-state index contributed by atoms with van der Waals surface area (Å²) in [5.41, 5.74) is -0.543. The van der Waals surface area contributed by atoms with Gasteiger partial charge in [-0.25, -0.2) is 9.36 Å². The highest BCUT2D eigenvalue weighted by atomic mass is 35.5. The van der Waals surface area contributed by atoms with Crippen molar-refractivity contribution < 1.29 is 0 Å². The molecule has 0 amide bonds. The molecule has 1 aromatic carbocycles. The molecule has 1 aromatic heterocycles. The van der Waals surface area contributed by atoms with Gasteiger partial charge in [0, 0.05) is 5.02 Å². The Morgan fingerprint density at radius 2 is 1.90 bits per heavy atom. The van der Waals surface area contributed by atoms with Crippen LogP contribution < -0.4 is 11.2 Å². The van der Waals surface area contributed by atoms with Crippen LogP contribution in [0.3, 0.4) is 0 Å². The zero-order valence-electron chi connectivity index (χ0n) is 10.5. The van der Waals surface area contributed by atoms with Crippen LogP contribution in [-0.4, -0.2) is 9.55 Å². The number of hydrogen-bond donors (Lipinski definition) is 1. The van der Waals surface area contributed by atoms with E-state index in [1.54, 1.807) is 6.07 Å². The Balaban J connectivity index is 2.81. The lowest BCUT2D eigenvalue weighted by molar-refractivity contribution is 0.812. The van der Waals surface area contributed by atoms with Crippen molar-refractivity contribution in [1.29, 1.82) is 0 Å². The fraction of sp³-hybridized carbons (Fsp3) is 0.231. The minimum Gasteiger partial charge on any atom is -0.297 e. The van der Waals surface area contributed by atoms with Gasteiger partial charge in [-0.1, -0.05) is 48.1 Å². The molecule has 2 aromatic rings. The normalized spacial score (nSPS) is 10.8. The molecule has 0 bridgehead atoms. The highest BCUT2D eigenvalue weighted by Crippen LogP contribution is 2.22. The molecule has 0 aliphatic carbocycles. The molecule has 2 rings (SSSR count). The van der Waals surface area contributed by atoms with Crippen molar-refractivity contribution in [3.63, 3.8) is 0 Å². The predicted molar refractivity (Wildman–Crippen MR) is 81.7 cm³/mol. The van der Waals surface area contributed by atoms with Crippen molar-refractivity contribution in [2.75, 3.05) is 0 Å². The van der Waals surface area contributed by atoms with Crippen LogP contribution >= 0.6 is 34.8 Å². The average molecular weight is 334 g/mol. The quantitative estimate of drug-likeness (QED) is 0.875. The van der Waals surface area contributed by atoms with Crippen LogP contribution in [0.4, 0.5) is 0 Å². The molecule has 106 valence electrons. The number of nitrogens with one attached hydrogen (secondary N) is 1. The van der Waals surface area contributed by atoms with Crippen molar-refractivity contribution in [3.8, 4) is 5.69 Å². The first-order valence-corrected chi connectivity index (χ1v) is 7.08. The van der Waals surface area contributed by atoms with E-state index in [4.69, 9.17) is 34.8 Å². The third kappa shape index (κ3) is 2.77. The number of benzene rings is 1. The summed E-state index contributed by atoms with van der Waals surface area (Å²) in [5, 5.41) is 0.700. The molecule has 0 fully saturated rings.